The minimum Gasteiger partial charge on any atom is -0.349 e. The van der Waals surface area contributed by atoms with Crippen LogP contribution in [0.1, 0.15) is 49.4 Å². The van der Waals surface area contributed by atoms with Gasteiger partial charge in [-0.15, -0.1) is 11.8 Å². The van der Waals surface area contributed by atoms with E-state index in [0.29, 0.717) is 5.92 Å². The second kappa shape index (κ2) is 9.00. The van der Waals surface area contributed by atoms with Crippen LogP contribution in [-0.4, -0.2) is 23.2 Å². The summed E-state index contributed by atoms with van der Waals surface area (Å²) in [6.07, 6.45) is 8.32. The Hall–Kier alpha value is -2.33. The summed E-state index contributed by atoms with van der Waals surface area (Å²) >= 11 is 1.60. The number of para-hydroxylation sites is 1. The van der Waals surface area contributed by atoms with E-state index in [9.17, 15) is 4.79 Å². The molecule has 1 amide bonds. The number of aromatic nitrogens is 1. The lowest BCUT2D eigenvalue weighted by Gasteiger charge is -2.28. The van der Waals surface area contributed by atoms with Gasteiger partial charge < -0.3 is 5.32 Å². The quantitative estimate of drug-likeness (QED) is 0.506. The van der Waals surface area contributed by atoms with Crippen LogP contribution in [0.3, 0.4) is 0 Å². The Labute approximate surface area is 177 Å². The van der Waals surface area contributed by atoms with Gasteiger partial charge >= 0.3 is 0 Å². The number of nitrogens with zero attached hydrogens (tertiary/aromatic N) is 1. The lowest BCUT2D eigenvalue weighted by atomic mass is 9.84. The Kier molecular flexibility index (Phi) is 6.19. The largest absolute Gasteiger partial charge is 0.349 e. The summed E-state index contributed by atoms with van der Waals surface area (Å²) in [5, 5.41) is 4.25. The molecule has 29 heavy (non-hydrogen) atoms. The molecule has 4 rings (SSSR count). The fourth-order valence-corrected chi connectivity index (χ4v) is 5.20. The third kappa shape index (κ3) is 4.18. The molecule has 0 bridgehead atoms. The molecule has 1 fully saturated rings. The van der Waals surface area contributed by atoms with E-state index in [4.69, 9.17) is 4.98 Å². The van der Waals surface area contributed by atoms with E-state index in [1.807, 2.05) is 48.7 Å². The summed E-state index contributed by atoms with van der Waals surface area (Å²) < 4.78 is 0. The molecule has 0 radical (unpaired) electrons. The lowest BCUT2D eigenvalue weighted by Crippen LogP contribution is -2.39. The number of hydrogen-bond acceptors (Lipinski definition) is 3. The molecule has 1 aromatic heterocycles. The van der Waals surface area contributed by atoms with Gasteiger partial charge in [-0.1, -0.05) is 67.8 Å². The van der Waals surface area contributed by atoms with Gasteiger partial charge in [0.2, 0.25) is 0 Å². The zero-order valence-electron chi connectivity index (χ0n) is 17.2. The summed E-state index contributed by atoms with van der Waals surface area (Å²) in [7, 11) is 0. The molecule has 1 heterocycles. The second-order valence-electron chi connectivity index (χ2n) is 7.91. The number of fused-ring (bicyclic) bond motifs is 1. The Morgan fingerprint density at radius 1 is 1.03 bits per heavy atom. The third-order valence-electron chi connectivity index (χ3n) is 6.04. The molecular weight excluding hydrogens is 376 g/mol. The average molecular weight is 405 g/mol. The van der Waals surface area contributed by atoms with E-state index in [1.165, 1.54) is 32.1 Å². The number of thioether (sulfide) groups is 1. The Bertz CT molecular complexity index is 996. The normalized spacial score (nSPS) is 15.9. The molecule has 1 aliphatic carbocycles. The fourth-order valence-electron chi connectivity index (χ4n) is 4.44. The third-order valence-corrected chi connectivity index (χ3v) is 6.85. The fraction of sp³-hybridized carbons (Fsp3) is 0.360. The molecule has 0 saturated heterocycles. The highest BCUT2D eigenvalue weighted by molar-refractivity contribution is 7.98. The predicted molar refractivity (Wildman–Crippen MR) is 122 cm³/mol. The van der Waals surface area contributed by atoms with Gasteiger partial charge in [-0.3, -0.25) is 4.79 Å². The van der Waals surface area contributed by atoms with Crippen LogP contribution in [0.25, 0.3) is 22.2 Å². The number of amides is 1. The maximum absolute atomic E-state index is 13.5. The van der Waals surface area contributed by atoms with E-state index in [0.717, 1.165) is 32.6 Å². The van der Waals surface area contributed by atoms with Crippen LogP contribution in [0.4, 0.5) is 0 Å². The van der Waals surface area contributed by atoms with Crippen molar-refractivity contribution < 1.29 is 4.79 Å². The molecule has 0 aliphatic heterocycles. The van der Waals surface area contributed by atoms with Crippen LogP contribution in [0.15, 0.2) is 59.5 Å². The van der Waals surface area contributed by atoms with Crippen LogP contribution in [0.5, 0.6) is 0 Å². The van der Waals surface area contributed by atoms with Crippen molar-refractivity contribution in [2.45, 2.75) is 50.0 Å². The van der Waals surface area contributed by atoms with Crippen molar-refractivity contribution in [2.75, 3.05) is 6.26 Å². The first-order valence-corrected chi connectivity index (χ1v) is 11.7. The summed E-state index contributed by atoms with van der Waals surface area (Å²) in [5.41, 5.74) is 3.54. The van der Waals surface area contributed by atoms with Crippen LogP contribution >= 0.6 is 11.8 Å². The smallest absolute Gasteiger partial charge is 0.253 e. The molecule has 1 N–H and O–H groups in total. The van der Waals surface area contributed by atoms with Gasteiger partial charge in [-0.2, -0.15) is 0 Å². The number of carbonyl (C=O) groups is 1. The van der Waals surface area contributed by atoms with Crippen molar-refractivity contribution in [2.24, 2.45) is 5.92 Å². The Balaban J connectivity index is 1.78. The summed E-state index contributed by atoms with van der Waals surface area (Å²) in [4.78, 5) is 19.4. The second-order valence-corrected chi connectivity index (χ2v) is 8.73. The predicted octanol–water partition coefficient (Wildman–Crippen LogP) is 6.32. The monoisotopic (exact) mass is 404 g/mol. The lowest BCUT2D eigenvalue weighted by molar-refractivity contribution is 0.0918. The first kappa shape index (κ1) is 20.0. The van der Waals surface area contributed by atoms with E-state index >= 15 is 0 Å². The standard InChI is InChI=1S/C25H28N2OS/c1-17(18-11-5-3-6-12-18)26-25(28)22-20-15-9-10-16-21(20)27-23(24(22)29-2)19-13-7-4-8-14-19/h4,7-10,13-18H,3,5-6,11-12H2,1-2H3,(H,26,28). The SMILES string of the molecule is CSc1c(-c2ccccc2)nc2ccccc2c1C(=O)NC(C)C1CCCCC1. The molecule has 2 aromatic carbocycles. The van der Waals surface area contributed by atoms with Crippen LogP contribution in [0.2, 0.25) is 0 Å². The molecule has 0 spiro atoms. The van der Waals surface area contributed by atoms with Crippen molar-refractivity contribution in [3.63, 3.8) is 0 Å². The van der Waals surface area contributed by atoms with E-state index < -0.39 is 0 Å². The maximum Gasteiger partial charge on any atom is 0.253 e. The molecular formula is C25H28N2OS. The molecule has 1 saturated carbocycles. The minimum absolute atomic E-state index is 0.0169. The van der Waals surface area contributed by atoms with Crippen LogP contribution in [0, 0.1) is 5.92 Å². The molecule has 1 aliphatic rings. The maximum atomic E-state index is 13.5. The first-order chi connectivity index (χ1) is 14.2. The zero-order valence-corrected chi connectivity index (χ0v) is 18.0. The van der Waals surface area contributed by atoms with Gasteiger partial charge in [0.1, 0.15) is 0 Å². The highest BCUT2D eigenvalue weighted by Crippen LogP contribution is 2.36. The van der Waals surface area contributed by atoms with Crippen molar-refractivity contribution in [1.29, 1.82) is 0 Å². The van der Waals surface area contributed by atoms with E-state index in [-0.39, 0.29) is 11.9 Å². The zero-order chi connectivity index (χ0) is 20.2. The van der Waals surface area contributed by atoms with Crippen molar-refractivity contribution in [1.82, 2.24) is 10.3 Å². The van der Waals surface area contributed by atoms with Crippen molar-refractivity contribution in [3.05, 3.63) is 60.2 Å². The molecule has 1 atom stereocenters. The van der Waals surface area contributed by atoms with Gasteiger partial charge in [0.15, 0.2) is 0 Å². The summed E-state index contributed by atoms with van der Waals surface area (Å²) in [6.45, 7) is 2.16. The molecule has 4 heteroatoms. The highest BCUT2D eigenvalue weighted by Gasteiger charge is 2.25. The Morgan fingerprint density at radius 3 is 2.45 bits per heavy atom. The number of rotatable bonds is 5. The molecule has 3 nitrogen and oxygen atoms in total. The van der Waals surface area contributed by atoms with Gasteiger partial charge in [-0.25, -0.2) is 4.98 Å². The first-order valence-electron chi connectivity index (χ1n) is 10.5. The van der Waals surface area contributed by atoms with Crippen LogP contribution < -0.4 is 5.32 Å². The average Bonchev–Trinajstić information content (AvgIpc) is 2.78. The van der Waals surface area contributed by atoms with Crippen LogP contribution in [-0.2, 0) is 0 Å². The molecule has 3 aromatic rings. The number of nitrogens with one attached hydrogen (secondary N) is 1. The number of carbonyl (C=O) groups excluding carboxylic acids is 1. The van der Waals surface area contributed by atoms with E-state index in [1.54, 1.807) is 11.8 Å². The van der Waals surface area contributed by atoms with Crippen molar-refractivity contribution >= 4 is 28.6 Å². The summed E-state index contributed by atoms with van der Waals surface area (Å²) in [5.74, 6) is 0.593. The number of pyridine rings is 1. The minimum atomic E-state index is 0.0169. The van der Waals surface area contributed by atoms with E-state index in [2.05, 4.69) is 24.4 Å². The van der Waals surface area contributed by atoms with Crippen molar-refractivity contribution in [3.8, 4) is 11.3 Å². The van der Waals surface area contributed by atoms with Gasteiger partial charge in [0, 0.05) is 21.9 Å². The molecule has 1 unspecified atom stereocenters. The highest BCUT2D eigenvalue weighted by atomic mass is 32.2. The topological polar surface area (TPSA) is 42.0 Å². The van der Waals surface area contributed by atoms with Gasteiger partial charge in [0.25, 0.3) is 5.91 Å². The van der Waals surface area contributed by atoms with Gasteiger partial charge in [-0.05, 0) is 38.0 Å². The number of hydrogen-bond donors (Lipinski definition) is 1. The molecule has 150 valence electrons. The Morgan fingerprint density at radius 2 is 1.72 bits per heavy atom. The van der Waals surface area contributed by atoms with Gasteiger partial charge in [0.05, 0.1) is 16.8 Å². The number of benzene rings is 2. The summed E-state index contributed by atoms with van der Waals surface area (Å²) in [6, 6.07) is 18.3.